The third kappa shape index (κ3) is 5.55. The van der Waals surface area contributed by atoms with E-state index in [1.54, 1.807) is 13.1 Å². The number of aryl methyl sites for hydroxylation is 1. The molecule has 0 saturated carbocycles. The highest BCUT2D eigenvalue weighted by atomic mass is 16.2. The van der Waals surface area contributed by atoms with Gasteiger partial charge in [0.1, 0.15) is 5.82 Å². The van der Waals surface area contributed by atoms with Crippen molar-refractivity contribution in [3.05, 3.63) is 59.8 Å². The lowest BCUT2D eigenvalue weighted by Gasteiger charge is -2.35. The highest BCUT2D eigenvalue weighted by molar-refractivity contribution is 5.76. The van der Waals surface area contributed by atoms with Gasteiger partial charge in [-0.2, -0.15) is 0 Å². The predicted molar refractivity (Wildman–Crippen MR) is 110 cm³/mol. The molecule has 1 saturated heterocycles. The SMILES string of the molecule is CC(=O)N1CCN(c2ncccc2CNC(=O)CCCc2ccccc2)CC1. The van der Waals surface area contributed by atoms with Crippen LogP contribution in [0.5, 0.6) is 0 Å². The number of rotatable bonds is 7. The monoisotopic (exact) mass is 380 g/mol. The van der Waals surface area contributed by atoms with Crippen LogP contribution in [0.4, 0.5) is 5.82 Å². The first-order chi connectivity index (χ1) is 13.6. The van der Waals surface area contributed by atoms with Crippen LogP contribution < -0.4 is 10.2 Å². The molecule has 1 aromatic heterocycles. The molecule has 1 aromatic carbocycles. The summed E-state index contributed by atoms with van der Waals surface area (Å²) in [5, 5.41) is 3.02. The van der Waals surface area contributed by atoms with E-state index in [-0.39, 0.29) is 11.8 Å². The van der Waals surface area contributed by atoms with Gasteiger partial charge in [0.05, 0.1) is 0 Å². The minimum Gasteiger partial charge on any atom is -0.353 e. The van der Waals surface area contributed by atoms with Crippen LogP contribution in [-0.4, -0.2) is 47.9 Å². The molecule has 6 heteroatoms. The van der Waals surface area contributed by atoms with E-state index in [9.17, 15) is 9.59 Å². The summed E-state index contributed by atoms with van der Waals surface area (Å²) in [5.41, 5.74) is 2.27. The maximum atomic E-state index is 12.2. The molecule has 148 valence electrons. The number of anilines is 1. The van der Waals surface area contributed by atoms with E-state index >= 15 is 0 Å². The molecule has 0 bridgehead atoms. The van der Waals surface area contributed by atoms with E-state index in [4.69, 9.17) is 0 Å². The van der Waals surface area contributed by atoms with Crippen molar-refractivity contribution < 1.29 is 9.59 Å². The highest BCUT2D eigenvalue weighted by Gasteiger charge is 2.21. The fraction of sp³-hybridized carbons (Fsp3) is 0.409. The van der Waals surface area contributed by atoms with Crippen LogP contribution in [0, 0.1) is 0 Å². The number of carbonyl (C=O) groups is 2. The van der Waals surface area contributed by atoms with Crippen LogP contribution in [-0.2, 0) is 22.6 Å². The molecular weight excluding hydrogens is 352 g/mol. The number of hydrogen-bond acceptors (Lipinski definition) is 4. The minimum atomic E-state index is 0.0622. The van der Waals surface area contributed by atoms with E-state index in [1.165, 1.54) is 5.56 Å². The molecule has 6 nitrogen and oxygen atoms in total. The van der Waals surface area contributed by atoms with Gasteiger partial charge in [-0.15, -0.1) is 0 Å². The molecule has 1 fully saturated rings. The van der Waals surface area contributed by atoms with Crippen molar-refractivity contribution in [1.29, 1.82) is 0 Å². The van der Waals surface area contributed by atoms with Crippen molar-refractivity contribution in [2.45, 2.75) is 32.7 Å². The molecular formula is C22H28N4O2. The number of nitrogens with one attached hydrogen (secondary N) is 1. The van der Waals surface area contributed by atoms with Gasteiger partial charge in [0.2, 0.25) is 11.8 Å². The molecule has 0 radical (unpaired) electrons. The molecule has 1 aliphatic heterocycles. The molecule has 1 N–H and O–H groups in total. The van der Waals surface area contributed by atoms with E-state index in [2.05, 4.69) is 27.3 Å². The van der Waals surface area contributed by atoms with Gasteiger partial charge in [0.25, 0.3) is 0 Å². The summed E-state index contributed by atoms with van der Waals surface area (Å²) in [7, 11) is 0. The number of aromatic nitrogens is 1. The maximum absolute atomic E-state index is 12.2. The van der Waals surface area contributed by atoms with Crippen molar-refractivity contribution >= 4 is 17.6 Å². The van der Waals surface area contributed by atoms with E-state index in [0.717, 1.165) is 37.3 Å². The topological polar surface area (TPSA) is 65.5 Å². The Kier molecular flexibility index (Phi) is 7.00. The van der Waals surface area contributed by atoms with Crippen molar-refractivity contribution in [3.63, 3.8) is 0 Å². The van der Waals surface area contributed by atoms with Crippen LogP contribution >= 0.6 is 0 Å². The lowest BCUT2D eigenvalue weighted by molar-refractivity contribution is -0.129. The number of amides is 2. The van der Waals surface area contributed by atoms with Crippen LogP contribution in [0.15, 0.2) is 48.7 Å². The number of hydrogen-bond donors (Lipinski definition) is 1. The normalized spacial score (nSPS) is 14.0. The number of carbonyl (C=O) groups excluding carboxylic acids is 2. The van der Waals surface area contributed by atoms with Gasteiger partial charge in [-0.1, -0.05) is 36.4 Å². The van der Waals surface area contributed by atoms with Gasteiger partial charge in [0, 0.05) is 57.8 Å². The third-order valence-electron chi connectivity index (χ3n) is 5.08. The van der Waals surface area contributed by atoms with Gasteiger partial charge in [-0.25, -0.2) is 4.98 Å². The van der Waals surface area contributed by atoms with Gasteiger partial charge in [0.15, 0.2) is 0 Å². The maximum Gasteiger partial charge on any atom is 0.220 e. The first-order valence-corrected chi connectivity index (χ1v) is 9.88. The van der Waals surface area contributed by atoms with Crippen molar-refractivity contribution in [3.8, 4) is 0 Å². The highest BCUT2D eigenvalue weighted by Crippen LogP contribution is 2.19. The third-order valence-corrected chi connectivity index (χ3v) is 5.08. The summed E-state index contributed by atoms with van der Waals surface area (Å²) >= 11 is 0. The first kappa shape index (κ1) is 19.9. The number of benzene rings is 1. The van der Waals surface area contributed by atoms with Crippen LogP contribution in [0.3, 0.4) is 0 Å². The Balaban J connectivity index is 1.48. The molecule has 0 spiro atoms. The van der Waals surface area contributed by atoms with Crippen LogP contribution in [0.1, 0.15) is 30.9 Å². The van der Waals surface area contributed by atoms with Crippen LogP contribution in [0.25, 0.3) is 0 Å². The zero-order valence-corrected chi connectivity index (χ0v) is 16.4. The van der Waals surface area contributed by atoms with Crippen LogP contribution in [0.2, 0.25) is 0 Å². The quantitative estimate of drug-likeness (QED) is 0.801. The van der Waals surface area contributed by atoms with E-state index in [1.807, 2.05) is 35.2 Å². The Morgan fingerprint density at radius 1 is 1.04 bits per heavy atom. The Bertz CT molecular complexity index is 786. The fourth-order valence-electron chi connectivity index (χ4n) is 3.47. The van der Waals surface area contributed by atoms with Gasteiger partial charge in [-0.3, -0.25) is 9.59 Å². The Morgan fingerprint density at radius 2 is 1.79 bits per heavy atom. The second-order valence-electron chi connectivity index (χ2n) is 7.10. The summed E-state index contributed by atoms with van der Waals surface area (Å²) in [6, 6.07) is 14.1. The predicted octanol–water partition coefficient (Wildman–Crippen LogP) is 2.39. The van der Waals surface area contributed by atoms with Gasteiger partial charge >= 0.3 is 0 Å². The largest absolute Gasteiger partial charge is 0.353 e. The second kappa shape index (κ2) is 9.88. The van der Waals surface area contributed by atoms with Crippen molar-refractivity contribution in [2.75, 3.05) is 31.1 Å². The first-order valence-electron chi connectivity index (χ1n) is 9.88. The van der Waals surface area contributed by atoms with Gasteiger partial charge in [-0.05, 0) is 24.5 Å². The number of piperazine rings is 1. The summed E-state index contributed by atoms with van der Waals surface area (Å²) < 4.78 is 0. The summed E-state index contributed by atoms with van der Waals surface area (Å²) in [6.45, 7) is 5.01. The molecule has 1 aliphatic rings. The summed E-state index contributed by atoms with van der Waals surface area (Å²) in [4.78, 5) is 32.3. The molecule has 28 heavy (non-hydrogen) atoms. The molecule has 2 amide bonds. The number of nitrogens with zero attached hydrogens (tertiary/aromatic N) is 3. The molecule has 3 rings (SSSR count). The van der Waals surface area contributed by atoms with Crippen molar-refractivity contribution in [1.82, 2.24) is 15.2 Å². The molecule has 0 atom stereocenters. The zero-order chi connectivity index (χ0) is 19.8. The Morgan fingerprint density at radius 3 is 2.50 bits per heavy atom. The van der Waals surface area contributed by atoms with E-state index < -0.39 is 0 Å². The fourth-order valence-corrected chi connectivity index (χ4v) is 3.47. The Labute approximate surface area is 166 Å². The average Bonchev–Trinajstić information content (AvgIpc) is 2.73. The molecule has 0 unspecified atom stereocenters. The smallest absolute Gasteiger partial charge is 0.220 e. The average molecular weight is 380 g/mol. The molecule has 0 aliphatic carbocycles. The summed E-state index contributed by atoms with van der Waals surface area (Å²) in [6.07, 6.45) is 4.04. The zero-order valence-electron chi connectivity index (χ0n) is 16.4. The summed E-state index contributed by atoms with van der Waals surface area (Å²) in [5.74, 6) is 1.08. The molecule has 2 aromatic rings. The second-order valence-corrected chi connectivity index (χ2v) is 7.10. The van der Waals surface area contributed by atoms with Gasteiger partial charge < -0.3 is 15.1 Å². The Hall–Kier alpha value is -2.89. The van der Waals surface area contributed by atoms with Crippen molar-refractivity contribution in [2.24, 2.45) is 0 Å². The standard InChI is InChI=1S/C22H28N4O2/c1-18(27)25-13-15-26(16-14-25)22-20(10-6-12-23-22)17-24-21(28)11-5-9-19-7-3-2-4-8-19/h2-4,6-8,10,12H,5,9,11,13-17H2,1H3,(H,24,28). The number of pyridine rings is 1. The van der Waals surface area contributed by atoms with E-state index in [0.29, 0.717) is 26.1 Å². The lowest BCUT2D eigenvalue weighted by Crippen LogP contribution is -2.48. The minimum absolute atomic E-state index is 0.0622. The lowest BCUT2D eigenvalue weighted by atomic mass is 10.1. The molecule has 2 heterocycles.